The van der Waals surface area contributed by atoms with Gasteiger partial charge in [0.15, 0.2) is 5.57 Å². The third-order valence-electron chi connectivity index (χ3n) is 4.47. The van der Waals surface area contributed by atoms with Crippen LogP contribution in [-0.4, -0.2) is 55.4 Å². The molecule has 0 radical (unpaired) electrons. The second-order valence-corrected chi connectivity index (χ2v) is 8.41. The second-order valence-electron chi connectivity index (χ2n) is 8.41. The van der Waals surface area contributed by atoms with Gasteiger partial charge in [-0.15, -0.1) is 0 Å². The number of aliphatic hydroxyl groups is 1. The van der Waals surface area contributed by atoms with Crippen molar-refractivity contribution in [2.75, 3.05) is 0 Å². The molecule has 168 valence electrons. The van der Waals surface area contributed by atoms with Crippen LogP contribution in [0.3, 0.4) is 0 Å². The highest BCUT2D eigenvalue weighted by molar-refractivity contribution is 6.15. The Morgan fingerprint density at radius 3 is 2.00 bits per heavy atom. The SMILES string of the molecule is CC1(C)OC(=O)C(=C(O)[C@H](Cc2ccc([N+](=O)[O-])cc2)N(C(=O)O)C(C)(C)C)C(=O)O1. The first-order chi connectivity index (χ1) is 14.1. The Labute approximate surface area is 178 Å². The first-order valence-electron chi connectivity index (χ1n) is 9.29. The van der Waals surface area contributed by atoms with E-state index >= 15 is 0 Å². The van der Waals surface area contributed by atoms with Crippen LogP contribution in [0.1, 0.15) is 40.2 Å². The van der Waals surface area contributed by atoms with Crippen molar-refractivity contribution in [1.82, 2.24) is 4.90 Å². The number of amides is 1. The van der Waals surface area contributed by atoms with E-state index < -0.39 is 51.7 Å². The molecule has 0 bridgehead atoms. The van der Waals surface area contributed by atoms with Crippen LogP contribution in [0.15, 0.2) is 35.6 Å². The van der Waals surface area contributed by atoms with Gasteiger partial charge in [-0.2, -0.15) is 0 Å². The van der Waals surface area contributed by atoms with Crippen LogP contribution in [0.25, 0.3) is 0 Å². The summed E-state index contributed by atoms with van der Waals surface area (Å²) in [6.45, 7) is 7.39. The lowest BCUT2D eigenvalue weighted by atomic mass is 9.95. The predicted molar refractivity (Wildman–Crippen MR) is 106 cm³/mol. The summed E-state index contributed by atoms with van der Waals surface area (Å²) in [6.07, 6.45) is -1.59. The van der Waals surface area contributed by atoms with Gasteiger partial charge in [-0.3, -0.25) is 15.0 Å². The van der Waals surface area contributed by atoms with Crippen LogP contribution < -0.4 is 0 Å². The minimum atomic E-state index is -1.54. The molecule has 1 saturated heterocycles. The summed E-state index contributed by atoms with van der Waals surface area (Å²) in [7, 11) is 0. The lowest BCUT2D eigenvalue weighted by Crippen LogP contribution is -2.54. The predicted octanol–water partition coefficient (Wildman–Crippen LogP) is 2.93. The number of carbonyl (C=O) groups excluding carboxylic acids is 2. The van der Waals surface area contributed by atoms with Crippen molar-refractivity contribution in [2.24, 2.45) is 0 Å². The Morgan fingerprint density at radius 2 is 1.61 bits per heavy atom. The number of hydrogen-bond acceptors (Lipinski definition) is 8. The van der Waals surface area contributed by atoms with Gasteiger partial charge in [0.25, 0.3) is 11.5 Å². The molecule has 1 heterocycles. The average molecular weight is 436 g/mol. The molecule has 1 fully saturated rings. The van der Waals surface area contributed by atoms with E-state index in [2.05, 4.69) is 0 Å². The number of nitrogens with zero attached hydrogens (tertiary/aromatic N) is 2. The molecule has 1 aromatic rings. The highest BCUT2D eigenvalue weighted by Gasteiger charge is 2.45. The van der Waals surface area contributed by atoms with Gasteiger partial charge >= 0.3 is 18.0 Å². The number of rotatable bonds is 5. The number of cyclic esters (lactones) is 2. The number of carboxylic acid groups (broad SMARTS) is 1. The van der Waals surface area contributed by atoms with Crippen LogP contribution in [-0.2, 0) is 25.5 Å². The Hall–Kier alpha value is -3.63. The summed E-state index contributed by atoms with van der Waals surface area (Å²) in [5.41, 5.74) is -1.60. The zero-order valence-corrected chi connectivity index (χ0v) is 17.7. The van der Waals surface area contributed by atoms with Crippen molar-refractivity contribution in [2.45, 2.75) is 58.4 Å². The molecule has 1 aliphatic rings. The van der Waals surface area contributed by atoms with Crippen molar-refractivity contribution in [3.8, 4) is 0 Å². The second kappa shape index (κ2) is 8.25. The molecule has 0 aromatic heterocycles. The summed E-state index contributed by atoms with van der Waals surface area (Å²) in [5.74, 6) is -4.66. The number of esters is 2. The zero-order chi connectivity index (χ0) is 23.7. The first kappa shape index (κ1) is 23.6. The fourth-order valence-corrected chi connectivity index (χ4v) is 3.20. The summed E-state index contributed by atoms with van der Waals surface area (Å²) < 4.78 is 10.0. The van der Waals surface area contributed by atoms with E-state index in [0.717, 1.165) is 4.90 Å². The minimum absolute atomic E-state index is 0.171. The topological polar surface area (TPSA) is 157 Å². The standard InChI is InChI=1S/C20H24N2O9/c1-19(2,3)21(18(26)27)13(10-11-6-8-12(9-7-11)22(28)29)15(23)14-16(24)30-20(4,5)31-17(14)25/h6-9,13,23H,10H2,1-5H3,(H,26,27)/t13-/m0/s1. The molecule has 0 saturated carbocycles. The third-order valence-corrected chi connectivity index (χ3v) is 4.47. The Balaban J connectivity index is 2.58. The number of nitro groups is 1. The largest absolute Gasteiger partial charge is 0.509 e. The fourth-order valence-electron chi connectivity index (χ4n) is 3.20. The molecule has 31 heavy (non-hydrogen) atoms. The Bertz CT molecular complexity index is 920. The molecule has 1 atom stereocenters. The number of aliphatic hydroxyl groups excluding tert-OH is 1. The van der Waals surface area contributed by atoms with Gasteiger partial charge in [0.2, 0.25) is 0 Å². The lowest BCUT2D eigenvalue weighted by molar-refractivity contribution is -0.384. The van der Waals surface area contributed by atoms with Crippen LogP contribution in [0.2, 0.25) is 0 Å². The Morgan fingerprint density at radius 1 is 1.13 bits per heavy atom. The van der Waals surface area contributed by atoms with Gasteiger partial charge < -0.3 is 19.7 Å². The highest BCUT2D eigenvalue weighted by Crippen LogP contribution is 2.30. The lowest BCUT2D eigenvalue weighted by Gasteiger charge is -2.40. The van der Waals surface area contributed by atoms with E-state index in [1.54, 1.807) is 20.8 Å². The van der Waals surface area contributed by atoms with Gasteiger partial charge in [0, 0.05) is 37.9 Å². The van der Waals surface area contributed by atoms with Crippen LogP contribution in [0.5, 0.6) is 0 Å². The summed E-state index contributed by atoms with van der Waals surface area (Å²) in [6, 6.07) is 3.86. The molecule has 0 aliphatic carbocycles. The average Bonchev–Trinajstić information content (AvgIpc) is 2.58. The number of hydrogen-bond donors (Lipinski definition) is 2. The van der Waals surface area contributed by atoms with E-state index in [0.29, 0.717) is 5.56 Å². The molecule has 11 nitrogen and oxygen atoms in total. The zero-order valence-electron chi connectivity index (χ0n) is 17.7. The summed E-state index contributed by atoms with van der Waals surface area (Å²) in [4.78, 5) is 48.0. The molecule has 1 aromatic carbocycles. The van der Waals surface area contributed by atoms with E-state index in [1.807, 2.05) is 0 Å². The molecule has 11 heteroatoms. The van der Waals surface area contributed by atoms with Crippen molar-refractivity contribution in [1.29, 1.82) is 0 Å². The minimum Gasteiger partial charge on any atom is -0.509 e. The number of ether oxygens (including phenoxy) is 2. The molecule has 0 unspecified atom stereocenters. The van der Waals surface area contributed by atoms with Crippen molar-refractivity contribution in [3.63, 3.8) is 0 Å². The van der Waals surface area contributed by atoms with Gasteiger partial charge in [-0.25, -0.2) is 14.4 Å². The van der Waals surface area contributed by atoms with Crippen molar-refractivity contribution >= 4 is 23.7 Å². The van der Waals surface area contributed by atoms with Gasteiger partial charge in [0.1, 0.15) is 5.76 Å². The molecule has 2 rings (SSSR count). The van der Waals surface area contributed by atoms with E-state index in [1.165, 1.54) is 38.1 Å². The number of non-ortho nitro benzene ring substituents is 1. The van der Waals surface area contributed by atoms with Crippen LogP contribution in [0.4, 0.5) is 10.5 Å². The molecular weight excluding hydrogens is 412 g/mol. The smallest absolute Gasteiger partial charge is 0.408 e. The molecule has 1 amide bonds. The maximum absolute atomic E-state index is 12.4. The maximum Gasteiger partial charge on any atom is 0.408 e. The molecule has 2 N–H and O–H groups in total. The highest BCUT2D eigenvalue weighted by atomic mass is 16.7. The fraction of sp³-hybridized carbons (Fsp3) is 0.450. The molecule has 0 spiro atoms. The summed E-state index contributed by atoms with van der Waals surface area (Å²) in [5, 5.41) is 31.6. The van der Waals surface area contributed by atoms with Gasteiger partial charge in [0.05, 0.1) is 11.0 Å². The van der Waals surface area contributed by atoms with E-state index in [4.69, 9.17) is 9.47 Å². The number of benzene rings is 1. The Kier molecular flexibility index (Phi) is 6.29. The summed E-state index contributed by atoms with van der Waals surface area (Å²) >= 11 is 0. The van der Waals surface area contributed by atoms with Crippen LogP contribution in [0, 0.1) is 10.1 Å². The maximum atomic E-state index is 12.4. The van der Waals surface area contributed by atoms with Crippen LogP contribution >= 0.6 is 0 Å². The quantitative estimate of drug-likeness (QED) is 0.177. The molecule has 1 aliphatic heterocycles. The van der Waals surface area contributed by atoms with E-state index in [-0.39, 0.29) is 12.1 Å². The normalized spacial score (nSPS) is 16.7. The van der Waals surface area contributed by atoms with Gasteiger partial charge in [-0.1, -0.05) is 12.1 Å². The number of nitro benzene ring substituents is 1. The van der Waals surface area contributed by atoms with E-state index in [9.17, 15) is 34.7 Å². The number of carbonyl (C=O) groups is 3. The van der Waals surface area contributed by atoms with Crippen molar-refractivity contribution < 1.29 is 39.0 Å². The third kappa shape index (κ3) is 5.30. The van der Waals surface area contributed by atoms with Crippen molar-refractivity contribution in [3.05, 3.63) is 51.3 Å². The molecular formula is C20H24N2O9. The first-order valence-corrected chi connectivity index (χ1v) is 9.29. The monoisotopic (exact) mass is 436 g/mol. The van der Waals surface area contributed by atoms with Gasteiger partial charge in [-0.05, 0) is 26.3 Å².